The molecule has 30 heavy (non-hydrogen) atoms. The van der Waals surface area contributed by atoms with Gasteiger partial charge in [0.15, 0.2) is 5.75 Å². The van der Waals surface area contributed by atoms with Crippen LogP contribution in [-0.4, -0.2) is 11.9 Å². The van der Waals surface area contributed by atoms with Crippen LogP contribution in [0.4, 0.5) is 10.5 Å². The summed E-state index contributed by atoms with van der Waals surface area (Å²) in [6.07, 6.45) is 0.0344. The van der Waals surface area contributed by atoms with Crippen LogP contribution in [0.25, 0.3) is 0 Å². The van der Waals surface area contributed by atoms with Gasteiger partial charge in [-0.25, -0.2) is 4.79 Å². The number of rotatable bonds is 7. The van der Waals surface area contributed by atoms with Crippen LogP contribution < -0.4 is 21.1 Å². The molecule has 0 aliphatic rings. The Morgan fingerprint density at radius 2 is 1.60 bits per heavy atom. The Kier molecular flexibility index (Phi) is 6.70. The third kappa shape index (κ3) is 5.61. The lowest BCUT2D eigenvalue weighted by Crippen LogP contribution is -2.35. The molecule has 0 aliphatic heterocycles. The van der Waals surface area contributed by atoms with Gasteiger partial charge in [0.25, 0.3) is 0 Å². The van der Waals surface area contributed by atoms with Gasteiger partial charge in [-0.15, -0.1) is 0 Å². The van der Waals surface area contributed by atoms with Gasteiger partial charge >= 0.3 is 6.03 Å². The predicted octanol–water partition coefficient (Wildman–Crippen LogP) is 4.83. The molecular formula is C24H25N3O3. The van der Waals surface area contributed by atoms with Gasteiger partial charge in [-0.3, -0.25) is 4.79 Å². The van der Waals surface area contributed by atoms with E-state index in [1.807, 2.05) is 74.5 Å². The van der Waals surface area contributed by atoms with Crippen molar-refractivity contribution in [2.45, 2.75) is 26.3 Å². The van der Waals surface area contributed by atoms with E-state index in [1.165, 1.54) is 0 Å². The smallest absolute Gasteiger partial charge is 0.312 e. The maximum atomic E-state index is 12.8. The highest BCUT2D eigenvalue weighted by Crippen LogP contribution is 2.30. The highest BCUT2D eigenvalue weighted by molar-refractivity contribution is 5.93. The number of anilines is 1. The molecule has 0 radical (unpaired) electrons. The average Bonchev–Trinajstić information content (AvgIpc) is 2.71. The molecule has 0 saturated carbocycles. The lowest BCUT2D eigenvalue weighted by Gasteiger charge is -2.20. The third-order valence-corrected chi connectivity index (χ3v) is 4.68. The first-order chi connectivity index (χ1) is 14.4. The molecule has 0 aromatic heterocycles. The summed E-state index contributed by atoms with van der Waals surface area (Å²) in [7, 11) is 0. The molecule has 0 heterocycles. The predicted molar refractivity (Wildman–Crippen MR) is 118 cm³/mol. The summed E-state index contributed by atoms with van der Waals surface area (Å²) in [5, 5.41) is 5.54. The highest BCUT2D eigenvalue weighted by Gasteiger charge is 2.20. The monoisotopic (exact) mass is 403 g/mol. The van der Waals surface area contributed by atoms with Crippen LogP contribution >= 0.6 is 0 Å². The van der Waals surface area contributed by atoms with Crippen molar-refractivity contribution in [2.24, 2.45) is 5.73 Å². The number of carbonyl (C=O) groups is 2. The normalized spacial score (nSPS) is 11.4. The second kappa shape index (κ2) is 9.60. The Balaban J connectivity index is 1.75. The van der Waals surface area contributed by atoms with Gasteiger partial charge in [-0.2, -0.15) is 0 Å². The van der Waals surface area contributed by atoms with E-state index in [-0.39, 0.29) is 12.3 Å². The van der Waals surface area contributed by atoms with Crippen molar-refractivity contribution >= 4 is 17.6 Å². The van der Waals surface area contributed by atoms with Crippen LogP contribution in [0, 0.1) is 13.8 Å². The van der Waals surface area contributed by atoms with Crippen molar-refractivity contribution in [1.29, 1.82) is 0 Å². The number of urea groups is 1. The first kappa shape index (κ1) is 20.9. The number of carbonyl (C=O) groups excluding carboxylic acids is 2. The molecule has 0 unspecified atom stereocenters. The first-order valence-electron chi connectivity index (χ1n) is 9.67. The molecule has 1 atom stereocenters. The second-order valence-corrected chi connectivity index (χ2v) is 7.08. The number of nitrogens with one attached hydrogen (secondary N) is 2. The molecule has 0 spiro atoms. The molecule has 3 aromatic rings. The number of aryl methyl sites for hydroxylation is 2. The SMILES string of the molecule is Cc1ccc(Oc2ccccc2NC(=O)C[C@H](NC(N)=O)c2ccccc2C)cc1. The Bertz CT molecular complexity index is 1030. The number of hydrogen-bond donors (Lipinski definition) is 3. The minimum Gasteiger partial charge on any atom is -0.455 e. The largest absolute Gasteiger partial charge is 0.455 e. The molecule has 3 rings (SSSR count). The van der Waals surface area contributed by atoms with Crippen molar-refractivity contribution < 1.29 is 14.3 Å². The maximum Gasteiger partial charge on any atom is 0.312 e. The van der Waals surface area contributed by atoms with E-state index in [0.29, 0.717) is 17.2 Å². The Morgan fingerprint density at radius 1 is 0.933 bits per heavy atom. The number of benzene rings is 3. The summed E-state index contributed by atoms with van der Waals surface area (Å²) in [5.74, 6) is 0.942. The number of primary amides is 1. The van der Waals surface area contributed by atoms with Crippen molar-refractivity contribution in [3.05, 3.63) is 89.5 Å². The van der Waals surface area contributed by atoms with Crippen LogP contribution in [0.5, 0.6) is 11.5 Å². The zero-order valence-corrected chi connectivity index (χ0v) is 17.0. The van der Waals surface area contributed by atoms with Gasteiger partial charge < -0.3 is 21.1 Å². The Morgan fingerprint density at radius 3 is 2.30 bits per heavy atom. The lowest BCUT2D eigenvalue weighted by atomic mass is 9.98. The van der Waals surface area contributed by atoms with E-state index in [2.05, 4.69) is 10.6 Å². The lowest BCUT2D eigenvalue weighted by molar-refractivity contribution is -0.116. The fourth-order valence-electron chi connectivity index (χ4n) is 3.17. The molecule has 0 bridgehead atoms. The number of para-hydroxylation sites is 2. The molecule has 0 fully saturated rings. The minimum atomic E-state index is -0.681. The summed E-state index contributed by atoms with van der Waals surface area (Å²) in [6.45, 7) is 3.93. The van der Waals surface area contributed by atoms with Gasteiger partial charge in [0.2, 0.25) is 5.91 Å². The number of amides is 3. The minimum absolute atomic E-state index is 0.0344. The molecule has 0 saturated heterocycles. The number of hydrogen-bond acceptors (Lipinski definition) is 3. The van der Waals surface area contributed by atoms with Gasteiger partial charge in [-0.1, -0.05) is 54.1 Å². The van der Waals surface area contributed by atoms with E-state index in [4.69, 9.17) is 10.5 Å². The second-order valence-electron chi connectivity index (χ2n) is 7.08. The molecule has 4 N–H and O–H groups in total. The standard InChI is InChI=1S/C24H25N3O3/c1-16-11-13-18(14-12-16)30-22-10-6-5-9-20(22)26-23(28)15-21(27-24(25)29)19-8-4-3-7-17(19)2/h3-14,21H,15H2,1-2H3,(H,26,28)(H3,25,27,29)/t21-/m0/s1. The van der Waals surface area contributed by atoms with Crippen molar-refractivity contribution in [2.75, 3.05) is 5.32 Å². The molecule has 6 nitrogen and oxygen atoms in total. The zero-order valence-electron chi connectivity index (χ0n) is 17.0. The van der Waals surface area contributed by atoms with E-state index >= 15 is 0 Å². The summed E-state index contributed by atoms with van der Waals surface area (Å²) >= 11 is 0. The summed E-state index contributed by atoms with van der Waals surface area (Å²) in [6, 6.07) is 21.2. The maximum absolute atomic E-state index is 12.8. The average molecular weight is 403 g/mol. The molecule has 6 heteroatoms. The fraction of sp³-hybridized carbons (Fsp3) is 0.167. The summed E-state index contributed by atoms with van der Waals surface area (Å²) in [4.78, 5) is 24.3. The summed E-state index contributed by atoms with van der Waals surface area (Å²) in [5.41, 5.74) is 8.82. The molecule has 3 aromatic carbocycles. The first-order valence-corrected chi connectivity index (χ1v) is 9.67. The zero-order chi connectivity index (χ0) is 21.5. The van der Waals surface area contributed by atoms with Crippen LogP contribution in [0.2, 0.25) is 0 Å². The third-order valence-electron chi connectivity index (χ3n) is 4.68. The molecular weight excluding hydrogens is 378 g/mol. The van der Waals surface area contributed by atoms with Gasteiger partial charge in [0, 0.05) is 0 Å². The van der Waals surface area contributed by atoms with Crippen LogP contribution in [0.15, 0.2) is 72.8 Å². The molecule has 3 amide bonds. The molecule has 0 aliphatic carbocycles. The van der Waals surface area contributed by atoms with Crippen LogP contribution in [-0.2, 0) is 4.79 Å². The Labute approximate surface area is 176 Å². The van der Waals surface area contributed by atoms with Crippen LogP contribution in [0.3, 0.4) is 0 Å². The van der Waals surface area contributed by atoms with Crippen molar-refractivity contribution in [3.8, 4) is 11.5 Å². The number of nitrogens with two attached hydrogens (primary N) is 1. The number of ether oxygens (including phenoxy) is 1. The van der Waals surface area contributed by atoms with Crippen molar-refractivity contribution in [3.63, 3.8) is 0 Å². The van der Waals surface area contributed by atoms with E-state index in [1.54, 1.807) is 12.1 Å². The van der Waals surface area contributed by atoms with E-state index in [0.717, 1.165) is 16.7 Å². The van der Waals surface area contributed by atoms with Gasteiger partial charge in [0.05, 0.1) is 18.2 Å². The Hall–Kier alpha value is -3.80. The van der Waals surface area contributed by atoms with Gasteiger partial charge in [-0.05, 0) is 49.2 Å². The fourth-order valence-corrected chi connectivity index (χ4v) is 3.17. The van der Waals surface area contributed by atoms with Crippen LogP contribution in [0.1, 0.15) is 29.2 Å². The van der Waals surface area contributed by atoms with E-state index in [9.17, 15) is 9.59 Å². The highest BCUT2D eigenvalue weighted by atomic mass is 16.5. The summed E-state index contributed by atoms with van der Waals surface area (Å²) < 4.78 is 5.93. The van der Waals surface area contributed by atoms with Crippen molar-refractivity contribution in [1.82, 2.24) is 5.32 Å². The topological polar surface area (TPSA) is 93.4 Å². The van der Waals surface area contributed by atoms with E-state index < -0.39 is 12.1 Å². The molecule has 154 valence electrons. The quantitative estimate of drug-likeness (QED) is 0.527. The van der Waals surface area contributed by atoms with Gasteiger partial charge in [0.1, 0.15) is 5.75 Å².